The summed E-state index contributed by atoms with van der Waals surface area (Å²) in [4.78, 5) is 13.0. The van der Waals surface area contributed by atoms with Crippen molar-refractivity contribution in [3.05, 3.63) is 101 Å². The molecule has 0 bridgehead atoms. The summed E-state index contributed by atoms with van der Waals surface area (Å²) in [5.74, 6) is -0.506. The third-order valence-corrected chi connectivity index (χ3v) is 4.91. The molecule has 8 heteroatoms. The van der Waals surface area contributed by atoms with E-state index in [9.17, 15) is 31.1 Å². The highest BCUT2D eigenvalue weighted by Gasteiger charge is 2.31. The SMILES string of the molecule is O=C(c1ccc(C(F)(F)F)cc1)c1cc(-c2ccc(C(F)(F)F)cc2)c2ccccn12. The maximum Gasteiger partial charge on any atom is 0.416 e. The number of ketones is 1. The lowest BCUT2D eigenvalue weighted by Gasteiger charge is -2.07. The van der Waals surface area contributed by atoms with E-state index < -0.39 is 29.3 Å². The molecule has 0 N–H and O–H groups in total. The first-order valence-corrected chi connectivity index (χ1v) is 9.05. The largest absolute Gasteiger partial charge is 0.416 e. The van der Waals surface area contributed by atoms with Crippen molar-refractivity contribution < 1.29 is 31.1 Å². The smallest absolute Gasteiger partial charge is 0.313 e. The number of carbonyl (C=O) groups excluding carboxylic acids is 1. The maximum absolute atomic E-state index is 13.0. The number of benzene rings is 2. The molecular formula is C23H13F6NO. The average molecular weight is 433 g/mol. The predicted octanol–water partition coefficient (Wildman–Crippen LogP) is 6.87. The molecule has 2 aromatic heterocycles. The zero-order valence-corrected chi connectivity index (χ0v) is 15.6. The molecule has 2 nitrogen and oxygen atoms in total. The van der Waals surface area contributed by atoms with Crippen LogP contribution in [0.15, 0.2) is 79.0 Å². The van der Waals surface area contributed by atoms with Gasteiger partial charge in [-0.2, -0.15) is 26.3 Å². The van der Waals surface area contributed by atoms with E-state index >= 15 is 0 Å². The summed E-state index contributed by atoms with van der Waals surface area (Å²) in [5, 5.41) is 0. The van der Waals surface area contributed by atoms with E-state index in [1.807, 2.05) is 0 Å². The van der Waals surface area contributed by atoms with Gasteiger partial charge in [0.25, 0.3) is 0 Å². The van der Waals surface area contributed by atoms with Gasteiger partial charge in [0.1, 0.15) is 0 Å². The minimum absolute atomic E-state index is 0.0650. The number of rotatable bonds is 3. The molecule has 0 aliphatic rings. The van der Waals surface area contributed by atoms with E-state index in [1.165, 1.54) is 18.2 Å². The van der Waals surface area contributed by atoms with Crippen LogP contribution in [0.3, 0.4) is 0 Å². The van der Waals surface area contributed by atoms with Crippen LogP contribution in [0.2, 0.25) is 0 Å². The van der Waals surface area contributed by atoms with Crippen LogP contribution in [-0.4, -0.2) is 10.2 Å². The zero-order chi connectivity index (χ0) is 22.4. The van der Waals surface area contributed by atoms with Crippen LogP contribution in [0, 0.1) is 0 Å². The Labute approximate surface area is 172 Å². The predicted molar refractivity (Wildman–Crippen MR) is 103 cm³/mol. The Morgan fingerprint density at radius 1 is 0.710 bits per heavy atom. The number of carbonyl (C=O) groups is 1. The van der Waals surface area contributed by atoms with Crippen LogP contribution in [0.4, 0.5) is 26.3 Å². The van der Waals surface area contributed by atoms with E-state index in [2.05, 4.69) is 0 Å². The number of hydrogen-bond donors (Lipinski definition) is 0. The fourth-order valence-electron chi connectivity index (χ4n) is 3.36. The highest BCUT2D eigenvalue weighted by atomic mass is 19.4. The van der Waals surface area contributed by atoms with Crippen molar-refractivity contribution >= 4 is 11.3 Å². The first-order chi connectivity index (χ1) is 14.6. The molecule has 0 saturated heterocycles. The Balaban J connectivity index is 1.77. The number of nitrogens with zero attached hydrogens (tertiary/aromatic N) is 1. The molecule has 0 aliphatic heterocycles. The molecule has 0 radical (unpaired) electrons. The normalized spacial score (nSPS) is 12.3. The van der Waals surface area contributed by atoms with Gasteiger partial charge >= 0.3 is 12.4 Å². The number of alkyl halides is 6. The lowest BCUT2D eigenvalue weighted by Crippen LogP contribution is -2.08. The van der Waals surface area contributed by atoms with Crippen molar-refractivity contribution in [2.45, 2.75) is 12.4 Å². The second-order valence-electron chi connectivity index (χ2n) is 6.88. The average Bonchev–Trinajstić information content (AvgIpc) is 3.12. The summed E-state index contributed by atoms with van der Waals surface area (Å²) in [6.45, 7) is 0. The van der Waals surface area contributed by atoms with Gasteiger partial charge in [-0.05, 0) is 48.0 Å². The molecular weight excluding hydrogens is 420 g/mol. The minimum Gasteiger partial charge on any atom is -0.313 e. The molecule has 0 amide bonds. The number of pyridine rings is 1. The first kappa shape index (κ1) is 20.7. The standard InChI is InChI=1S/C23H13F6NO/c24-22(25,26)16-8-4-14(5-9-16)18-13-20(30-12-2-1-3-19(18)30)21(31)15-6-10-17(11-7-15)23(27,28)29/h1-13H. The van der Waals surface area contributed by atoms with Gasteiger partial charge in [0.05, 0.1) is 22.3 Å². The fraction of sp³-hybridized carbons (Fsp3) is 0.0870. The highest BCUT2D eigenvalue weighted by molar-refractivity contribution is 6.10. The Morgan fingerprint density at radius 3 is 1.81 bits per heavy atom. The number of halogens is 6. The summed E-state index contributed by atoms with van der Waals surface area (Å²) in [6, 6.07) is 15.0. The van der Waals surface area contributed by atoms with Crippen molar-refractivity contribution in [2.24, 2.45) is 0 Å². The topological polar surface area (TPSA) is 21.5 Å². The van der Waals surface area contributed by atoms with Crippen LogP contribution < -0.4 is 0 Å². The Bertz CT molecular complexity index is 1250. The Morgan fingerprint density at radius 2 is 1.26 bits per heavy atom. The van der Waals surface area contributed by atoms with Crippen molar-refractivity contribution in [1.82, 2.24) is 4.40 Å². The maximum atomic E-state index is 13.0. The van der Waals surface area contributed by atoms with Gasteiger partial charge < -0.3 is 4.40 Å². The van der Waals surface area contributed by atoms with Crippen LogP contribution >= 0.6 is 0 Å². The molecule has 2 heterocycles. The number of aromatic nitrogens is 1. The molecule has 0 fully saturated rings. The molecule has 4 aromatic rings. The highest BCUT2D eigenvalue weighted by Crippen LogP contribution is 2.34. The third-order valence-electron chi connectivity index (χ3n) is 4.91. The Kier molecular flexibility index (Phi) is 4.88. The van der Waals surface area contributed by atoms with Crippen LogP contribution in [0.1, 0.15) is 27.2 Å². The summed E-state index contributed by atoms with van der Waals surface area (Å²) >= 11 is 0. The van der Waals surface area contributed by atoms with Gasteiger partial charge in [-0.1, -0.05) is 30.3 Å². The van der Waals surface area contributed by atoms with Crippen molar-refractivity contribution in [3.63, 3.8) is 0 Å². The summed E-state index contributed by atoms with van der Waals surface area (Å²) in [6.07, 6.45) is -7.37. The molecule has 0 spiro atoms. The van der Waals surface area contributed by atoms with Gasteiger partial charge in [0.2, 0.25) is 5.78 Å². The van der Waals surface area contributed by atoms with E-state index in [0.717, 1.165) is 36.4 Å². The lowest BCUT2D eigenvalue weighted by molar-refractivity contribution is -0.138. The van der Waals surface area contributed by atoms with Crippen LogP contribution in [-0.2, 0) is 12.4 Å². The first-order valence-electron chi connectivity index (χ1n) is 9.05. The van der Waals surface area contributed by atoms with E-state index in [-0.39, 0.29) is 11.3 Å². The molecule has 2 aromatic carbocycles. The molecule has 158 valence electrons. The van der Waals surface area contributed by atoms with Crippen molar-refractivity contribution in [1.29, 1.82) is 0 Å². The molecule has 4 rings (SSSR count). The third kappa shape index (κ3) is 3.93. The summed E-state index contributed by atoms with van der Waals surface area (Å²) in [7, 11) is 0. The monoisotopic (exact) mass is 433 g/mol. The lowest BCUT2D eigenvalue weighted by atomic mass is 10.0. The van der Waals surface area contributed by atoms with E-state index in [1.54, 1.807) is 28.8 Å². The Hall–Kier alpha value is -3.55. The van der Waals surface area contributed by atoms with Gasteiger partial charge in [-0.3, -0.25) is 4.79 Å². The molecule has 0 unspecified atom stereocenters. The van der Waals surface area contributed by atoms with Crippen molar-refractivity contribution in [2.75, 3.05) is 0 Å². The van der Waals surface area contributed by atoms with Crippen LogP contribution in [0.25, 0.3) is 16.6 Å². The second-order valence-corrected chi connectivity index (χ2v) is 6.88. The molecule has 0 atom stereocenters. The van der Waals surface area contributed by atoms with E-state index in [0.29, 0.717) is 16.6 Å². The molecule has 0 aliphatic carbocycles. The van der Waals surface area contributed by atoms with Gasteiger partial charge in [-0.15, -0.1) is 0 Å². The summed E-state index contributed by atoms with van der Waals surface area (Å²) < 4.78 is 78.5. The zero-order valence-electron chi connectivity index (χ0n) is 15.6. The van der Waals surface area contributed by atoms with Crippen molar-refractivity contribution in [3.8, 4) is 11.1 Å². The summed E-state index contributed by atoms with van der Waals surface area (Å²) in [5.41, 5.74) is 0.182. The minimum atomic E-state index is -4.51. The second kappa shape index (κ2) is 7.30. The van der Waals surface area contributed by atoms with E-state index in [4.69, 9.17) is 0 Å². The molecule has 31 heavy (non-hydrogen) atoms. The van der Waals surface area contributed by atoms with Gasteiger partial charge in [0.15, 0.2) is 0 Å². The number of fused-ring (bicyclic) bond motifs is 1. The van der Waals surface area contributed by atoms with Gasteiger partial charge in [0, 0.05) is 17.3 Å². The molecule has 0 saturated carbocycles. The number of hydrogen-bond acceptors (Lipinski definition) is 1. The quantitative estimate of drug-likeness (QED) is 0.255. The fourth-order valence-corrected chi connectivity index (χ4v) is 3.36. The van der Waals surface area contributed by atoms with Gasteiger partial charge in [-0.25, -0.2) is 0 Å². The van der Waals surface area contributed by atoms with Crippen LogP contribution in [0.5, 0.6) is 0 Å².